The minimum absolute atomic E-state index is 0.121. The fraction of sp³-hybridized carbons (Fsp3) is 0.111. The summed E-state index contributed by atoms with van der Waals surface area (Å²) in [6.07, 6.45) is -0.400. The molecule has 4 rings (SSSR count). The highest BCUT2D eigenvalue weighted by atomic mass is 35.5. The van der Waals surface area contributed by atoms with Gasteiger partial charge < -0.3 is 10.6 Å². The Bertz CT molecular complexity index is 939. The summed E-state index contributed by atoms with van der Waals surface area (Å²) in [5.41, 5.74) is 4.16. The molecule has 0 saturated carbocycles. The zero-order chi connectivity index (χ0) is 16.0. The van der Waals surface area contributed by atoms with Crippen LogP contribution in [0.2, 0.25) is 5.15 Å². The maximum atomic E-state index is 12.3. The number of fused-ring (bicyclic) bond motifs is 2. The summed E-state index contributed by atoms with van der Waals surface area (Å²) in [5, 5.41) is 7.62. The molecule has 0 fully saturated rings. The van der Waals surface area contributed by atoms with Gasteiger partial charge in [0.1, 0.15) is 11.3 Å². The Morgan fingerprint density at radius 1 is 1.09 bits per heavy atom. The smallest absolute Gasteiger partial charge is 0.255 e. The largest absolute Gasteiger partial charge is 0.361 e. The fourth-order valence-corrected chi connectivity index (χ4v) is 3.09. The number of amides is 1. The molecule has 0 saturated heterocycles. The molecule has 1 amide bonds. The Kier molecular flexibility index (Phi) is 3.20. The van der Waals surface area contributed by atoms with Gasteiger partial charge >= 0.3 is 0 Å². The van der Waals surface area contributed by atoms with Crippen LogP contribution in [0.5, 0.6) is 0 Å². The first-order valence-electron chi connectivity index (χ1n) is 7.35. The summed E-state index contributed by atoms with van der Waals surface area (Å²) in [6.45, 7) is 2.02. The van der Waals surface area contributed by atoms with Gasteiger partial charge in [-0.1, -0.05) is 35.9 Å². The first kappa shape index (κ1) is 14.0. The summed E-state index contributed by atoms with van der Waals surface area (Å²) in [4.78, 5) is 16.7. The quantitative estimate of drug-likeness (QED) is 0.664. The van der Waals surface area contributed by atoms with Crippen molar-refractivity contribution in [1.82, 2.24) is 10.3 Å². The number of carbonyl (C=O) groups is 1. The van der Waals surface area contributed by atoms with Gasteiger partial charge in [-0.3, -0.25) is 4.79 Å². The van der Waals surface area contributed by atoms with Crippen molar-refractivity contribution in [2.75, 3.05) is 5.32 Å². The third-order valence-electron chi connectivity index (χ3n) is 4.01. The number of para-hydroxylation sites is 1. The second-order valence-electron chi connectivity index (χ2n) is 5.66. The molecule has 0 radical (unpaired) electrons. The highest BCUT2D eigenvalue weighted by Gasteiger charge is 2.26. The predicted octanol–water partition coefficient (Wildman–Crippen LogP) is 4.05. The normalized spacial score (nSPS) is 16.6. The van der Waals surface area contributed by atoms with Crippen molar-refractivity contribution >= 4 is 34.1 Å². The van der Waals surface area contributed by atoms with Gasteiger partial charge in [-0.2, -0.15) is 0 Å². The number of rotatable bonds is 1. The summed E-state index contributed by atoms with van der Waals surface area (Å²) < 4.78 is 0. The number of pyridine rings is 1. The first-order valence-corrected chi connectivity index (χ1v) is 7.73. The van der Waals surface area contributed by atoms with E-state index in [0.717, 1.165) is 27.7 Å². The number of aryl methyl sites for hydroxylation is 1. The Hall–Kier alpha value is -2.59. The van der Waals surface area contributed by atoms with Gasteiger partial charge in [-0.15, -0.1) is 0 Å². The van der Waals surface area contributed by atoms with Crippen molar-refractivity contribution in [3.63, 3.8) is 0 Å². The Morgan fingerprint density at radius 2 is 1.91 bits per heavy atom. The number of carbonyl (C=O) groups excluding carboxylic acids is 1. The SMILES string of the molecule is Cc1ccc2cc(C3NC(=O)c4ccccc4N3)c(Cl)nc2c1. The van der Waals surface area contributed by atoms with E-state index in [2.05, 4.69) is 15.6 Å². The van der Waals surface area contributed by atoms with Crippen LogP contribution in [-0.2, 0) is 0 Å². The molecule has 0 aliphatic carbocycles. The molecule has 114 valence electrons. The number of halogens is 1. The van der Waals surface area contributed by atoms with E-state index in [4.69, 9.17) is 11.6 Å². The molecule has 0 spiro atoms. The molecule has 5 heteroatoms. The second kappa shape index (κ2) is 5.25. The molecule has 2 heterocycles. The Balaban J connectivity index is 1.79. The summed E-state index contributed by atoms with van der Waals surface area (Å²) >= 11 is 6.36. The molecule has 4 nitrogen and oxygen atoms in total. The number of hydrogen-bond donors (Lipinski definition) is 2. The molecule has 3 aromatic rings. The number of hydrogen-bond acceptors (Lipinski definition) is 3. The van der Waals surface area contributed by atoms with E-state index in [9.17, 15) is 4.79 Å². The lowest BCUT2D eigenvalue weighted by molar-refractivity contribution is 0.0935. The van der Waals surface area contributed by atoms with Gasteiger partial charge in [-0.25, -0.2) is 4.98 Å². The van der Waals surface area contributed by atoms with Gasteiger partial charge in [-0.05, 0) is 36.8 Å². The third kappa shape index (κ3) is 2.41. The van der Waals surface area contributed by atoms with Crippen molar-refractivity contribution in [3.05, 3.63) is 70.4 Å². The Morgan fingerprint density at radius 3 is 2.78 bits per heavy atom. The molecular weight excluding hydrogens is 310 g/mol. The predicted molar refractivity (Wildman–Crippen MR) is 91.8 cm³/mol. The van der Waals surface area contributed by atoms with Crippen LogP contribution in [0, 0.1) is 6.92 Å². The highest BCUT2D eigenvalue weighted by molar-refractivity contribution is 6.30. The maximum absolute atomic E-state index is 12.3. The average molecular weight is 324 g/mol. The van der Waals surface area contributed by atoms with Crippen LogP contribution in [0.15, 0.2) is 48.5 Å². The molecule has 2 N–H and O–H groups in total. The van der Waals surface area contributed by atoms with Crippen LogP contribution < -0.4 is 10.6 Å². The number of aromatic nitrogens is 1. The van der Waals surface area contributed by atoms with Crippen molar-refractivity contribution in [2.45, 2.75) is 13.1 Å². The molecule has 2 aromatic carbocycles. The van der Waals surface area contributed by atoms with E-state index in [1.807, 2.05) is 49.4 Å². The topological polar surface area (TPSA) is 54.0 Å². The molecule has 1 aromatic heterocycles. The summed E-state index contributed by atoms with van der Waals surface area (Å²) in [6, 6.07) is 15.4. The first-order chi connectivity index (χ1) is 11.1. The lowest BCUT2D eigenvalue weighted by atomic mass is 10.0. The van der Waals surface area contributed by atoms with E-state index in [1.54, 1.807) is 6.07 Å². The minimum atomic E-state index is -0.400. The van der Waals surface area contributed by atoms with Crippen LogP contribution in [0.4, 0.5) is 5.69 Å². The van der Waals surface area contributed by atoms with E-state index < -0.39 is 6.17 Å². The zero-order valence-corrected chi connectivity index (χ0v) is 13.2. The average Bonchev–Trinajstić information content (AvgIpc) is 2.54. The summed E-state index contributed by atoms with van der Waals surface area (Å²) in [5.74, 6) is -0.121. The molecule has 1 aliphatic heterocycles. The Labute approximate surface area is 138 Å². The van der Waals surface area contributed by atoms with E-state index >= 15 is 0 Å². The van der Waals surface area contributed by atoms with E-state index in [-0.39, 0.29) is 5.91 Å². The lowest BCUT2D eigenvalue weighted by Gasteiger charge is -2.28. The number of anilines is 1. The van der Waals surface area contributed by atoms with E-state index in [1.165, 1.54) is 0 Å². The van der Waals surface area contributed by atoms with Crippen molar-refractivity contribution in [1.29, 1.82) is 0 Å². The van der Waals surface area contributed by atoms with Crippen LogP contribution >= 0.6 is 11.6 Å². The zero-order valence-electron chi connectivity index (χ0n) is 12.4. The van der Waals surface area contributed by atoms with Crippen LogP contribution in [0.3, 0.4) is 0 Å². The van der Waals surface area contributed by atoms with Crippen LogP contribution in [-0.4, -0.2) is 10.9 Å². The van der Waals surface area contributed by atoms with E-state index in [0.29, 0.717) is 10.7 Å². The summed E-state index contributed by atoms with van der Waals surface area (Å²) in [7, 11) is 0. The van der Waals surface area contributed by atoms with Crippen molar-refractivity contribution in [3.8, 4) is 0 Å². The minimum Gasteiger partial charge on any atom is -0.361 e. The molecular formula is C18H14ClN3O. The van der Waals surface area contributed by atoms with Crippen LogP contribution in [0.25, 0.3) is 10.9 Å². The van der Waals surface area contributed by atoms with Gasteiger partial charge in [0.2, 0.25) is 0 Å². The van der Waals surface area contributed by atoms with Gasteiger partial charge in [0.25, 0.3) is 5.91 Å². The molecule has 1 unspecified atom stereocenters. The van der Waals surface area contributed by atoms with Gasteiger partial charge in [0, 0.05) is 16.6 Å². The third-order valence-corrected chi connectivity index (χ3v) is 4.31. The molecule has 23 heavy (non-hydrogen) atoms. The maximum Gasteiger partial charge on any atom is 0.255 e. The second-order valence-corrected chi connectivity index (χ2v) is 6.02. The van der Waals surface area contributed by atoms with Gasteiger partial charge in [0.15, 0.2) is 0 Å². The standard InChI is InChI=1S/C18H14ClN3O/c1-10-6-7-11-9-13(16(19)20-15(11)8-10)17-21-14-5-3-2-4-12(14)18(23)22-17/h2-9,17,21H,1H3,(H,22,23). The number of benzene rings is 2. The number of nitrogens with one attached hydrogen (secondary N) is 2. The van der Waals surface area contributed by atoms with Crippen molar-refractivity contribution in [2.24, 2.45) is 0 Å². The highest BCUT2D eigenvalue weighted by Crippen LogP contribution is 2.31. The molecule has 1 aliphatic rings. The fourth-order valence-electron chi connectivity index (χ4n) is 2.84. The van der Waals surface area contributed by atoms with Gasteiger partial charge in [0.05, 0.1) is 11.1 Å². The number of nitrogens with zero attached hydrogens (tertiary/aromatic N) is 1. The van der Waals surface area contributed by atoms with Crippen LogP contribution in [0.1, 0.15) is 27.7 Å². The van der Waals surface area contributed by atoms with Crippen molar-refractivity contribution < 1.29 is 4.79 Å². The lowest BCUT2D eigenvalue weighted by Crippen LogP contribution is -2.38. The molecule has 1 atom stereocenters. The molecule has 0 bridgehead atoms. The monoisotopic (exact) mass is 323 g/mol.